The maximum absolute atomic E-state index is 15.6. The predicted octanol–water partition coefficient (Wildman–Crippen LogP) is 6.01. The third-order valence-electron chi connectivity index (χ3n) is 5.85. The van der Waals surface area contributed by atoms with Crippen LogP contribution >= 0.6 is 0 Å². The number of fused-ring (bicyclic) bond motifs is 1. The minimum atomic E-state index is -1.39. The molecule has 0 fully saturated rings. The van der Waals surface area contributed by atoms with Crippen LogP contribution in [-0.4, -0.2) is 26.9 Å². The molecule has 0 bridgehead atoms. The highest BCUT2D eigenvalue weighted by Crippen LogP contribution is 2.34. The molecule has 4 aromatic rings. The van der Waals surface area contributed by atoms with Crippen molar-refractivity contribution < 1.29 is 32.0 Å². The third kappa shape index (κ3) is 6.95. The summed E-state index contributed by atoms with van der Waals surface area (Å²) in [6, 6.07) is 10.9. The number of rotatable bonds is 10. The van der Waals surface area contributed by atoms with Crippen LogP contribution in [0, 0.1) is 11.6 Å². The van der Waals surface area contributed by atoms with Crippen molar-refractivity contribution in [2.24, 2.45) is 0 Å². The smallest absolute Gasteiger partial charge is 0.310 e. The molecule has 0 saturated carbocycles. The molecule has 0 aliphatic rings. The Bertz CT molecular complexity index is 1470. The number of furan rings is 1. The second-order valence-electron chi connectivity index (χ2n) is 9.83. The van der Waals surface area contributed by atoms with Crippen molar-refractivity contribution in [2.75, 3.05) is 6.61 Å². The molecule has 0 saturated heterocycles. The Morgan fingerprint density at radius 2 is 1.92 bits per heavy atom. The van der Waals surface area contributed by atoms with Gasteiger partial charge in [0.2, 0.25) is 0 Å². The number of benzene rings is 2. The van der Waals surface area contributed by atoms with Crippen molar-refractivity contribution in [1.82, 2.24) is 9.71 Å². The maximum atomic E-state index is 15.6. The summed E-state index contributed by atoms with van der Waals surface area (Å²) in [7, 11) is 0. The molecule has 1 atom stereocenters. The highest BCUT2D eigenvalue weighted by Gasteiger charge is 2.27. The molecule has 2 aromatic carbocycles. The second kappa shape index (κ2) is 12.1. The number of aromatic nitrogens is 1. The van der Waals surface area contributed by atoms with E-state index in [0.29, 0.717) is 28.0 Å². The molecule has 0 aliphatic carbocycles. The van der Waals surface area contributed by atoms with Gasteiger partial charge in [0.15, 0.2) is 5.82 Å². The van der Waals surface area contributed by atoms with Crippen molar-refractivity contribution in [1.29, 1.82) is 0 Å². The number of hydrogen-bond donors (Lipinski definition) is 1. The number of carbonyl (C=O) groups excluding carboxylic acids is 1. The third-order valence-corrected chi connectivity index (χ3v) is 7.37. The molecule has 7 nitrogen and oxygen atoms in total. The summed E-state index contributed by atoms with van der Waals surface area (Å²) < 4.78 is 60.9. The SMILES string of the molecule is CCOC(=O)Cc1cc(F)ccc1OCc1cc(-c2ccnc(CN[S@+]([O-])C(C)(C)C)c2F)c2occc2c1. The number of pyridine rings is 1. The normalized spacial score (nSPS) is 12.5. The Balaban J connectivity index is 1.62. The summed E-state index contributed by atoms with van der Waals surface area (Å²) in [6.45, 7) is 7.44. The molecule has 10 heteroatoms. The molecule has 4 rings (SSSR count). The van der Waals surface area contributed by atoms with Crippen LogP contribution in [0.4, 0.5) is 8.78 Å². The zero-order valence-electron chi connectivity index (χ0n) is 22.2. The molecule has 0 spiro atoms. The first-order chi connectivity index (χ1) is 18.6. The van der Waals surface area contributed by atoms with Gasteiger partial charge in [0.25, 0.3) is 0 Å². The van der Waals surface area contributed by atoms with Crippen LogP contribution in [0.5, 0.6) is 5.75 Å². The summed E-state index contributed by atoms with van der Waals surface area (Å²) >= 11 is -1.39. The molecular weight excluding hydrogens is 526 g/mol. The lowest BCUT2D eigenvalue weighted by Gasteiger charge is -2.23. The largest absolute Gasteiger partial charge is 0.598 e. The van der Waals surface area contributed by atoms with Gasteiger partial charge in [-0.05, 0) is 75.7 Å². The fourth-order valence-corrected chi connectivity index (χ4v) is 4.65. The first-order valence-corrected chi connectivity index (χ1v) is 13.6. The number of halogens is 2. The highest BCUT2D eigenvalue weighted by molar-refractivity contribution is 7.90. The van der Waals surface area contributed by atoms with Gasteiger partial charge in [0, 0.05) is 39.6 Å². The molecule has 0 amide bonds. The summed E-state index contributed by atoms with van der Waals surface area (Å²) in [6.07, 6.45) is 2.88. The van der Waals surface area contributed by atoms with E-state index in [1.165, 1.54) is 30.7 Å². The number of nitrogens with one attached hydrogen (secondary N) is 1. The number of esters is 1. The van der Waals surface area contributed by atoms with Gasteiger partial charge in [0.05, 0.1) is 31.5 Å². The molecular formula is C29H30F2N2O5S. The Labute approximate surface area is 228 Å². The molecule has 206 valence electrons. The van der Waals surface area contributed by atoms with Crippen molar-refractivity contribution >= 4 is 28.3 Å². The fourth-order valence-electron chi connectivity index (χ4n) is 3.95. The van der Waals surface area contributed by atoms with E-state index in [0.717, 1.165) is 5.39 Å². The van der Waals surface area contributed by atoms with Crippen LogP contribution < -0.4 is 9.46 Å². The minimum Gasteiger partial charge on any atom is -0.598 e. The number of carbonyl (C=O) groups is 1. The van der Waals surface area contributed by atoms with Crippen LogP contribution in [0.25, 0.3) is 22.1 Å². The van der Waals surface area contributed by atoms with E-state index < -0.39 is 33.7 Å². The second-order valence-corrected chi connectivity index (χ2v) is 11.9. The predicted molar refractivity (Wildman–Crippen MR) is 145 cm³/mol. The van der Waals surface area contributed by atoms with Gasteiger partial charge in [-0.25, -0.2) is 8.78 Å². The Hall–Kier alpha value is -3.47. The molecule has 2 heterocycles. The number of nitrogens with zero attached hydrogens (tertiary/aromatic N) is 1. The van der Waals surface area contributed by atoms with E-state index in [2.05, 4.69) is 9.71 Å². The standard InChI is InChI=1S/C29H30F2N2O5S/c1-5-36-26(34)15-20-14-21(30)6-7-25(20)38-17-18-12-19-9-11-37-28(19)23(13-18)22-8-10-32-24(27(22)31)16-33-39(35)29(2,3)4/h6-14,33H,5,15-17H2,1-4H3/t39-/m1/s1. The Kier molecular flexibility index (Phi) is 8.89. The summed E-state index contributed by atoms with van der Waals surface area (Å²) in [5.74, 6) is -1.19. The lowest BCUT2D eigenvalue weighted by atomic mass is 10.00. The summed E-state index contributed by atoms with van der Waals surface area (Å²) in [5.41, 5.74) is 2.46. The molecule has 0 unspecified atom stereocenters. The fraction of sp³-hybridized carbons (Fsp3) is 0.310. The maximum Gasteiger partial charge on any atom is 0.310 e. The van der Waals surface area contributed by atoms with E-state index in [4.69, 9.17) is 13.9 Å². The van der Waals surface area contributed by atoms with Gasteiger partial charge in [-0.15, -0.1) is 4.72 Å². The number of ether oxygens (including phenoxy) is 2. The van der Waals surface area contributed by atoms with Crippen molar-refractivity contribution in [3.05, 3.63) is 83.4 Å². The van der Waals surface area contributed by atoms with Gasteiger partial charge in [-0.3, -0.25) is 9.78 Å². The average Bonchev–Trinajstić information content (AvgIpc) is 3.35. The van der Waals surface area contributed by atoms with Crippen LogP contribution in [0.1, 0.15) is 44.5 Å². The Morgan fingerprint density at radius 1 is 1.13 bits per heavy atom. The molecule has 39 heavy (non-hydrogen) atoms. The van der Waals surface area contributed by atoms with Crippen molar-refractivity contribution in [3.8, 4) is 16.9 Å². The summed E-state index contributed by atoms with van der Waals surface area (Å²) in [5, 5.41) is 0.738. The minimum absolute atomic E-state index is 0.0124. The van der Waals surface area contributed by atoms with Gasteiger partial charge in [0.1, 0.15) is 28.5 Å². The van der Waals surface area contributed by atoms with Crippen molar-refractivity contribution in [2.45, 2.75) is 52.0 Å². The quantitative estimate of drug-likeness (QED) is 0.189. The topological polar surface area (TPSA) is 96.7 Å². The molecule has 0 aliphatic heterocycles. The van der Waals surface area contributed by atoms with Crippen LogP contribution in [-0.2, 0) is 40.5 Å². The lowest BCUT2D eigenvalue weighted by molar-refractivity contribution is -0.142. The van der Waals surface area contributed by atoms with Crippen LogP contribution in [0.3, 0.4) is 0 Å². The monoisotopic (exact) mass is 556 g/mol. The lowest BCUT2D eigenvalue weighted by Crippen LogP contribution is -2.39. The molecule has 0 radical (unpaired) electrons. The molecule has 1 N–H and O–H groups in total. The van der Waals surface area contributed by atoms with Crippen LogP contribution in [0.2, 0.25) is 0 Å². The average molecular weight is 557 g/mol. The van der Waals surface area contributed by atoms with Gasteiger partial charge < -0.3 is 18.4 Å². The number of hydrogen-bond acceptors (Lipinski definition) is 7. The first-order valence-electron chi connectivity index (χ1n) is 12.4. The Morgan fingerprint density at radius 3 is 2.67 bits per heavy atom. The zero-order chi connectivity index (χ0) is 28.2. The summed E-state index contributed by atoms with van der Waals surface area (Å²) in [4.78, 5) is 16.1. The van der Waals surface area contributed by atoms with E-state index >= 15 is 4.39 Å². The van der Waals surface area contributed by atoms with E-state index in [1.807, 2.05) is 26.8 Å². The van der Waals surface area contributed by atoms with E-state index in [9.17, 15) is 13.7 Å². The van der Waals surface area contributed by atoms with E-state index in [-0.39, 0.29) is 37.4 Å². The van der Waals surface area contributed by atoms with Crippen LogP contribution in [0.15, 0.2) is 59.3 Å². The van der Waals surface area contributed by atoms with E-state index in [1.54, 1.807) is 25.1 Å². The van der Waals surface area contributed by atoms with Gasteiger partial charge in [-0.2, -0.15) is 0 Å². The molecule has 2 aromatic heterocycles. The van der Waals surface area contributed by atoms with Gasteiger partial charge in [-0.1, -0.05) is 0 Å². The zero-order valence-corrected chi connectivity index (χ0v) is 23.0. The highest BCUT2D eigenvalue weighted by atomic mass is 32.2. The first kappa shape index (κ1) is 28.5. The van der Waals surface area contributed by atoms with Gasteiger partial charge >= 0.3 is 5.97 Å². The van der Waals surface area contributed by atoms with Crippen molar-refractivity contribution in [3.63, 3.8) is 0 Å².